The predicted octanol–water partition coefficient (Wildman–Crippen LogP) is 1.08. The summed E-state index contributed by atoms with van der Waals surface area (Å²) in [6.45, 7) is 3.71. The largest absolute Gasteiger partial charge is 0.508 e. The number of benzene rings is 1. The average molecular weight is 166 g/mol. The first-order valence-corrected chi connectivity index (χ1v) is 4.02. The molecule has 1 rings (SSSR count). The Balaban J connectivity index is 2.72. The van der Waals surface area contributed by atoms with E-state index in [1.807, 2.05) is 13.0 Å². The Morgan fingerprint density at radius 3 is 2.83 bits per heavy atom. The lowest BCUT2D eigenvalue weighted by Crippen LogP contribution is -2.12. The molecule has 4 N–H and O–H groups in total. The molecule has 0 spiro atoms. The molecule has 0 heterocycles. The zero-order valence-corrected chi connectivity index (χ0v) is 7.17. The molecule has 0 aliphatic heterocycles. The monoisotopic (exact) mass is 166 g/mol. The Bertz CT molecular complexity index is 261. The van der Waals surface area contributed by atoms with Crippen LogP contribution in [0, 0.1) is 0 Å². The molecule has 0 radical (unpaired) electrons. The molecule has 3 nitrogen and oxygen atoms in total. The van der Waals surface area contributed by atoms with Crippen molar-refractivity contribution in [3.05, 3.63) is 23.8 Å². The van der Waals surface area contributed by atoms with E-state index in [0.717, 1.165) is 18.7 Å². The van der Waals surface area contributed by atoms with Crippen LogP contribution in [0.15, 0.2) is 18.2 Å². The maximum atomic E-state index is 9.06. The maximum Gasteiger partial charge on any atom is 0.117 e. The van der Waals surface area contributed by atoms with Crippen molar-refractivity contribution in [2.45, 2.75) is 13.5 Å². The van der Waals surface area contributed by atoms with E-state index < -0.39 is 0 Å². The number of hydrogen-bond donors (Lipinski definition) is 3. The topological polar surface area (TPSA) is 58.3 Å². The molecule has 0 saturated carbocycles. The number of phenolic OH excluding ortho intramolecular Hbond substituents is 1. The van der Waals surface area contributed by atoms with Gasteiger partial charge in [-0.2, -0.15) is 0 Å². The summed E-state index contributed by atoms with van der Waals surface area (Å²) in [6.07, 6.45) is 0. The predicted molar refractivity (Wildman–Crippen MR) is 49.9 cm³/mol. The van der Waals surface area contributed by atoms with Gasteiger partial charge in [0.1, 0.15) is 5.75 Å². The summed E-state index contributed by atoms with van der Waals surface area (Å²) in [6, 6.07) is 5.03. The van der Waals surface area contributed by atoms with Crippen molar-refractivity contribution in [2.24, 2.45) is 0 Å². The second-order valence-electron chi connectivity index (χ2n) is 2.66. The van der Waals surface area contributed by atoms with Crippen molar-refractivity contribution in [3.8, 4) is 5.75 Å². The molecular weight excluding hydrogens is 152 g/mol. The van der Waals surface area contributed by atoms with Crippen LogP contribution in [0.25, 0.3) is 0 Å². The molecular formula is C9H14N2O. The Morgan fingerprint density at radius 1 is 1.50 bits per heavy atom. The number of phenols is 1. The van der Waals surface area contributed by atoms with Crippen molar-refractivity contribution < 1.29 is 5.11 Å². The first-order valence-electron chi connectivity index (χ1n) is 4.02. The van der Waals surface area contributed by atoms with E-state index in [9.17, 15) is 0 Å². The average Bonchev–Trinajstić information content (AvgIpc) is 2.03. The molecule has 0 saturated heterocycles. The molecule has 66 valence electrons. The number of aromatic hydroxyl groups is 1. The van der Waals surface area contributed by atoms with Gasteiger partial charge in [-0.1, -0.05) is 13.0 Å². The lowest BCUT2D eigenvalue weighted by atomic mass is 10.2. The first kappa shape index (κ1) is 8.87. The van der Waals surface area contributed by atoms with Crippen LogP contribution in [0.4, 0.5) is 5.69 Å². The van der Waals surface area contributed by atoms with E-state index in [-0.39, 0.29) is 5.75 Å². The maximum absolute atomic E-state index is 9.06. The molecule has 1 aromatic carbocycles. The lowest BCUT2D eigenvalue weighted by Gasteiger charge is -2.05. The summed E-state index contributed by atoms with van der Waals surface area (Å²) in [5, 5.41) is 12.2. The summed E-state index contributed by atoms with van der Waals surface area (Å²) in [5.41, 5.74) is 7.32. The van der Waals surface area contributed by atoms with Crippen LogP contribution in [0.3, 0.4) is 0 Å². The Morgan fingerprint density at radius 2 is 2.25 bits per heavy atom. The third kappa shape index (κ3) is 2.13. The summed E-state index contributed by atoms with van der Waals surface area (Å²) >= 11 is 0. The van der Waals surface area contributed by atoms with Gasteiger partial charge in [-0.25, -0.2) is 0 Å². The van der Waals surface area contributed by atoms with Crippen molar-refractivity contribution >= 4 is 5.69 Å². The van der Waals surface area contributed by atoms with Crippen molar-refractivity contribution in [1.82, 2.24) is 5.32 Å². The smallest absolute Gasteiger partial charge is 0.117 e. The third-order valence-electron chi connectivity index (χ3n) is 1.69. The van der Waals surface area contributed by atoms with Crippen LogP contribution >= 0.6 is 0 Å². The second-order valence-corrected chi connectivity index (χ2v) is 2.66. The van der Waals surface area contributed by atoms with E-state index in [1.165, 1.54) is 0 Å². The molecule has 0 amide bonds. The number of rotatable bonds is 3. The van der Waals surface area contributed by atoms with Gasteiger partial charge < -0.3 is 16.2 Å². The Labute approximate surface area is 72.2 Å². The van der Waals surface area contributed by atoms with E-state index in [2.05, 4.69) is 5.32 Å². The third-order valence-corrected chi connectivity index (χ3v) is 1.69. The molecule has 0 fully saturated rings. The summed E-state index contributed by atoms with van der Waals surface area (Å²) in [7, 11) is 0. The fraction of sp³-hybridized carbons (Fsp3) is 0.333. The normalized spacial score (nSPS) is 10.1. The minimum absolute atomic E-state index is 0.216. The highest BCUT2D eigenvalue weighted by Crippen LogP contribution is 2.17. The molecule has 0 bridgehead atoms. The van der Waals surface area contributed by atoms with E-state index in [4.69, 9.17) is 10.8 Å². The van der Waals surface area contributed by atoms with E-state index in [1.54, 1.807) is 12.1 Å². The number of nitrogens with one attached hydrogen (secondary N) is 1. The van der Waals surface area contributed by atoms with Crippen molar-refractivity contribution in [2.75, 3.05) is 12.3 Å². The van der Waals surface area contributed by atoms with Gasteiger partial charge in [0.2, 0.25) is 0 Å². The molecule has 0 aliphatic carbocycles. The number of hydrogen-bond acceptors (Lipinski definition) is 3. The van der Waals surface area contributed by atoms with Crippen LogP contribution in [0.5, 0.6) is 5.75 Å². The molecule has 0 atom stereocenters. The van der Waals surface area contributed by atoms with E-state index >= 15 is 0 Å². The summed E-state index contributed by atoms with van der Waals surface area (Å²) in [5.74, 6) is 0.216. The molecule has 3 heteroatoms. The van der Waals surface area contributed by atoms with Gasteiger partial charge in [-0.15, -0.1) is 0 Å². The van der Waals surface area contributed by atoms with Crippen LogP contribution in [-0.4, -0.2) is 11.7 Å². The summed E-state index contributed by atoms with van der Waals surface area (Å²) < 4.78 is 0. The van der Waals surface area contributed by atoms with E-state index in [0.29, 0.717) is 5.69 Å². The fourth-order valence-corrected chi connectivity index (χ4v) is 1.00. The van der Waals surface area contributed by atoms with Crippen LogP contribution in [0.1, 0.15) is 12.5 Å². The van der Waals surface area contributed by atoms with Crippen LogP contribution in [-0.2, 0) is 6.54 Å². The van der Waals surface area contributed by atoms with Crippen molar-refractivity contribution in [3.63, 3.8) is 0 Å². The van der Waals surface area contributed by atoms with Gasteiger partial charge in [-0.3, -0.25) is 0 Å². The Hall–Kier alpha value is -1.22. The zero-order valence-electron chi connectivity index (χ0n) is 7.17. The first-order chi connectivity index (χ1) is 5.74. The van der Waals surface area contributed by atoms with Gasteiger partial charge >= 0.3 is 0 Å². The standard InChI is InChI=1S/C9H14N2O/c1-2-11-6-7-3-4-8(12)5-9(7)10/h3-5,11-12H,2,6,10H2,1H3. The number of nitrogen functional groups attached to an aromatic ring is 1. The van der Waals surface area contributed by atoms with Crippen LogP contribution in [0.2, 0.25) is 0 Å². The molecule has 1 aromatic rings. The molecule has 0 aromatic heterocycles. The Kier molecular flexibility index (Phi) is 2.94. The number of anilines is 1. The SMILES string of the molecule is CCNCc1ccc(O)cc1N. The van der Waals surface area contributed by atoms with Gasteiger partial charge in [0, 0.05) is 18.3 Å². The molecule has 0 unspecified atom stereocenters. The number of nitrogens with two attached hydrogens (primary N) is 1. The minimum Gasteiger partial charge on any atom is -0.508 e. The lowest BCUT2D eigenvalue weighted by molar-refractivity contribution is 0.475. The zero-order chi connectivity index (χ0) is 8.97. The van der Waals surface area contributed by atoms with Gasteiger partial charge in [-0.05, 0) is 18.2 Å². The fourth-order valence-electron chi connectivity index (χ4n) is 1.00. The highest BCUT2D eigenvalue weighted by atomic mass is 16.3. The second kappa shape index (κ2) is 3.97. The minimum atomic E-state index is 0.216. The highest BCUT2D eigenvalue weighted by molar-refractivity contribution is 5.50. The van der Waals surface area contributed by atoms with Gasteiger partial charge in [0.15, 0.2) is 0 Å². The quantitative estimate of drug-likeness (QED) is 0.589. The van der Waals surface area contributed by atoms with Crippen molar-refractivity contribution in [1.29, 1.82) is 0 Å². The van der Waals surface area contributed by atoms with Gasteiger partial charge in [0.05, 0.1) is 0 Å². The van der Waals surface area contributed by atoms with Crippen LogP contribution < -0.4 is 11.1 Å². The molecule has 12 heavy (non-hydrogen) atoms. The van der Waals surface area contributed by atoms with Gasteiger partial charge in [0.25, 0.3) is 0 Å². The summed E-state index contributed by atoms with van der Waals surface area (Å²) in [4.78, 5) is 0. The molecule has 0 aliphatic rings. The highest BCUT2D eigenvalue weighted by Gasteiger charge is 1.98.